The van der Waals surface area contributed by atoms with Gasteiger partial charge in [0.2, 0.25) is 0 Å². The maximum atomic E-state index is 13.9. The Kier molecular flexibility index (Phi) is 16.9. The summed E-state index contributed by atoms with van der Waals surface area (Å²) in [6.45, 7) is 9.90. The van der Waals surface area contributed by atoms with Gasteiger partial charge in [-0.25, -0.2) is 14.6 Å². The van der Waals surface area contributed by atoms with Crippen molar-refractivity contribution in [2.24, 2.45) is 11.3 Å². The van der Waals surface area contributed by atoms with E-state index in [0.717, 1.165) is 16.8 Å². The van der Waals surface area contributed by atoms with Crippen molar-refractivity contribution in [2.75, 3.05) is 46.4 Å². The summed E-state index contributed by atoms with van der Waals surface area (Å²) in [5.74, 6) is -0.233. The van der Waals surface area contributed by atoms with Gasteiger partial charge in [-0.3, -0.25) is 19.8 Å². The largest absolute Gasteiger partial charge is 0.481 e. The molecule has 5 rings (SSSR count). The second kappa shape index (κ2) is 21.8. The maximum absolute atomic E-state index is 13.9. The number of carbonyl (C=O) groups is 3. The van der Waals surface area contributed by atoms with E-state index in [1.54, 1.807) is 65.1 Å². The van der Waals surface area contributed by atoms with E-state index in [1.807, 2.05) is 42.5 Å². The molecule has 0 saturated carbocycles. The van der Waals surface area contributed by atoms with Crippen molar-refractivity contribution in [3.63, 3.8) is 0 Å². The molecule has 17 nitrogen and oxygen atoms in total. The van der Waals surface area contributed by atoms with E-state index in [9.17, 15) is 24.1 Å². The molecular formula is C42H58N5O12P. The fraction of sp³-hybridized carbons (Fsp3) is 0.524. The summed E-state index contributed by atoms with van der Waals surface area (Å²) < 4.78 is 51.2. The zero-order valence-corrected chi connectivity index (χ0v) is 35.9. The van der Waals surface area contributed by atoms with E-state index in [1.165, 1.54) is 12.1 Å². The average Bonchev–Trinajstić information content (AvgIpc) is 3.85. The quantitative estimate of drug-likeness (QED) is 0.0829. The molecular weight excluding hydrogens is 797 g/mol. The number of nitrogens with one attached hydrogen (secondary N) is 3. The zero-order chi connectivity index (χ0) is 43.3. The van der Waals surface area contributed by atoms with Crippen molar-refractivity contribution >= 4 is 25.7 Å². The summed E-state index contributed by atoms with van der Waals surface area (Å²) in [5, 5.41) is 19.0. The molecule has 1 aromatic heterocycles. The molecule has 6 atom stereocenters. The van der Waals surface area contributed by atoms with Gasteiger partial charge < -0.3 is 48.5 Å². The molecule has 60 heavy (non-hydrogen) atoms. The Balaban J connectivity index is 1.37. The summed E-state index contributed by atoms with van der Waals surface area (Å²) >= 11 is 0. The Bertz CT molecular complexity index is 1870. The molecule has 3 heterocycles. The van der Waals surface area contributed by atoms with Gasteiger partial charge >= 0.3 is 19.8 Å². The van der Waals surface area contributed by atoms with Crippen molar-refractivity contribution < 1.29 is 56.8 Å². The number of fused-ring (bicyclic) bond motifs is 1. The third-order valence-electron chi connectivity index (χ3n) is 9.97. The van der Waals surface area contributed by atoms with Crippen LogP contribution in [0.15, 0.2) is 72.9 Å². The molecule has 3 amide bonds. The molecule has 0 spiro atoms. The van der Waals surface area contributed by atoms with Gasteiger partial charge in [0.25, 0.3) is 5.91 Å². The van der Waals surface area contributed by atoms with Crippen LogP contribution < -0.4 is 20.8 Å². The van der Waals surface area contributed by atoms with Crippen LogP contribution in [0.1, 0.15) is 52.2 Å². The number of aliphatic hydroxyl groups is 1. The normalized spacial score (nSPS) is 19.2. The predicted molar refractivity (Wildman–Crippen MR) is 221 cm³/mol. The van der Waals surface area contributed by atoms with Crippen molar-refractivity contribution in [3.05, 3.63) is 84.1 Å². The number of carbonyl (C=O) groups excluding carboxylic acids is 3. The van der Waals surface area contributed by atoms with Gasteiger partial charge in [0.05, 0.1) is 57.3 Å². The number of benzene rings is 2. The number of hydrogen-bond acceptors (Lipinski definition) is 14. The topological polar surface area (TPSA) is 205 Å². The molecule has 0 radical (unpaired) electrons. The highest BCUT2D eigenvalue weighted by molar-refractivity contribution is 7.53. The highest BCUT2D eigenvalue weighted by Crippen LogP contribution is 2.48. The summed E-state index contributed by atoms with van der Waals surface area (Å²) in [7, 11) is -2.24. The predicted octanol–water partition coefficient (Wildman–Crippen LogP) is 5.41. The molecule has 328 valence electrons. The standard InChI is InChI=1S/C42H58N5O12P/c1-7-57-60(52,58-8-2)27-56-31-18-14-28(15-19-31)23-34(44-41(51)59-36-26-55-39-32(36)20-22-54-39)35(48)25-47(46-38(49)37(42(3,4)5)45-40(50)53-6)24-29-12-16-30(17-13-29)33-11-9-10-21-43-33/h9-19,21,32,34-37,39,48H,7-8,20,22-27H2,1-6H3,(H,44,51)(H,45,50)(H,46,49). The lowest BCUT2D eigenvalue weighted by Gasteiger charge is -2.34. The number of amides is 3. The molecule has 3 aromatic rings. The smallest absolute Gasteiger partial charge is 0.407 e. The minimum Gasteiger partial charge on any atom is -0.481 e. The Hall–Kier alpha value is -4.61. The van der Waals surface area contributed by atoms with Gasteiger partial charge in [0.1, 0.15) is 17.9 Å². The summed E-state index contributed by atoms with van der Waals surface area (Å²) in [6.07, 6.45) is -1.51. The summed E-state index contributed by atoms with van der Waals surface area (Å²) in [4.78, 5) is 44.2. The van der Waals surface area contributed by atoms with Crippen molar-refractivity contribution in [1.82, 2.24) is 26.1 Å². The first-order valence-electron chi connectivity index (χ1n) is 20.1. The summed E-state index contributed by atoms with van der Waals surface area (Å²) in [5.41, 5.74) is 5.37. The van der Waals surface area contributed by atoms with Gasteiger partial charge in [-0.05, 0) is 67.5 Å². The van der Waals surface area contributed by atoms with Gasteiger partial charge in [-0.15, -0.1) is 0 Å². The van der Waals surface area contributed by atoms with E-state index in [-0.39, 0.29) is 51.6 Å². The third kappa shape index (κ3) is 13.4. The van der Waals surface area contributed by atoms with Crippen molar-refractivity contribution in [2.45, 2.75) is 84.6 Å². The fourth-order valence-corrected chi connectivity index (χ4v) is 8.22. The first-order valence-corrected chi connectivity index (χ1v) is 21.8. The Morgan fingerprint density at radius 1 is 0.950 bits per heavy atom. The van der Waals surface area contributed by atoms with E-state index in [4.69, 9.17) is 32.7 Å². The lowest BCUT2D eigenvalue weighted by molar-refractivity contribution is -0.131. The highest BCUT2D eigenvalue weighted by Gasteiger charge is 2.44. The molecule has 0 aliphatic carbocycles. The second-order valence-corrected chi connectivity index (χ2v) is 17.6. The van der Waals surface area contributed by atoms with Crippen LogP contribution in [0, 0.1) is 11.3 Å². The molecule has 4 N–H and O–H groups in total. The molecule has 2 fully saturated rings. The van der Waals surface area contributed by atoms with Gasteiger partial charge in [-0.1, -0.05) is 63.2 Å². The first-order chi connectivity index (χ1) is 28.7. The van der Waals surface area contributed by atoms with Crippen LogP contribution in [0.25, 0.3) is 11.3 Å². The van der Waals surface area contributed by atoms with Crippen LogP contribution in [0.4, 0.5) is 9.59 Å². The number of pyridine rings is 1. The maximum Gasteiger partial charge on any atom is 0.407 e. The number of aromatic nitrogens is 1. The second-order valence-electron chi connectivity index (χ2n) is 15.6. The Morgan fingerprint density at radius 3 is 2.28 bits per heavy atom. The molecule has 2 aliphatic rings. The Morgan fingerprint density at radius 2 is 1.65 bits per heavy atom. The zero-order valence-electron chi connectivity index (χ0n) is 35.0. The SMILES string of the molecule is CCOP(=O)(COc1ccc(CC(NC(=O)OC2COC3OCCC23)C(O)CN(Cc2ccc(-c3ccccn3)cc2)NC(=O)C(NC(=O)OC)C(C)(C)C)cc1)OCC. The molecule has 18 heteroatoms. The van der Waals surface area contributed by atoms with Crippen LogP contribution in [0.3, 0.4) is 0 Å². The molecule has 2 aromatic carbocycles. The van der Waals surface area contributed by atoms with E-state index >= 15 is 0 Å². The first kappa shape index (κ1) is 46.5. The molecule has 2 saturated heterocycles. The number of alkyl carbamates (subject to hydrolysis) is 2. The lowest BCUT2D eigenvalue weighted by Crippen LogP contribution is -2.59. The third-order valence-corrected chi connectivity index (χ3v) is 11.7. The number of hydrazine groups is 1. The fourth-order valence-electron chi connectivity index (χ4n) is 6.90. The summed E-state index contributed by atoms with van der Waals surface area (Å²) in [6, 6.07) is 18.2. The van der Waals surface area contributed by atoms with E-state index < -0.39 is 61.7 Å². The van der Waals surface area contributed by atoms with Gasteiger partial charge in [-0.2, -0.15) is 0 Å². The monoisotopic (exact) mass is 855 g/mol. The van der Waals surface area contributed by atoms with Gasteiger partial charge in [0.15, 0.2) is 12.6 Å². The van der Waals surface area contributed by atoms with Crippen LogP contribution in [0.2, 0.25) is 0 Å². The van der Waals surface area contributed by atoms with Crippen LogP contribution in [-0.2, 0) is 50.3 Å². The minimum atomic E-state index is -3.46. The van der Waals surface area contributed by atoms with Gasteiger partial charge in [0, 0.05) is 24.8 Å². The number of aliphatic hydroxyl groups excluding tert-OH is 1. The number of methoxy groups -OCH3 is 1. The lowest BCUT2D eigenvalue weighted by atomic mass is 9.86. The van der Waals surface area contributed by atoms with Crippen LogP contribution >= 0.6 is 7.60 Å². The Labute approximate surface area is 351 Å². The molecule has 2 aliphatic heterocycles. The van der Waals surface area contributed by atoms with Crippen molar-refractivity contribution in [3.8, 4) is 17.0 Å². The van der Waals surface area contributed by atoms with E-state index in [0.29, 0.717) is 24.3 Å². The molecule has 6 unspecified atom stereocenters. The number of ether oxygens (including phenoxy) is 5. The number of rotatable bonds is 20. The van der Waals surface area contributed by atoms with E-state index in [2.05, 4.69) is 21.0 Å². The van der Waals surface area contributed by atoms with Crippen LogP contribution in [0.5, 0.6) is 5.75 Å². The molecule has 0 bridgehead atoms. The number of nitrogens with zero attached hydrogens (tertiary/aromatic N) is 2. The number of hydrogen-bond donors (Lipinski definition) is 4. The van der Waals surface area contributed by atoms with Crippen LogP contribution in [-0.4, -0.2) is 110 Å². The van der Waals surface area contributed by atoms with Crippen molar-refractivity contribution in [1.29, 1.82) is 0 Å². The average molecular weight is 856 g/mol. The highest BCUT2D eigenvalue weighted by atomic mass is 31.2. The minimum absolute atomic E-state index is 0.100.